The molecule has 178 valence electrons. The number of pyridine rings is 1. The number of aliphatic hydroxyl groups excluding tert-OH is 1. The van der Waals surface area contributed by atoms with E-state index in [0.717, 1.165) is 29.2 Å². The first kappa shape index (κ1) is 23.4. The Morgan fingerprint density at radius 2 is 1.60 bits per heavy atom. The van der Waals surface area contributed by atoms with Gasteiger partial charge in [-0.15, -0.1) is 13.2 Å². The normalized spacial score (nSPS) is 17.5. The number of amides is 1. The number of non-ortho nitro benzene ring substituents is 1. The summed E-state index contributed by atoms with van der Waals surface area (Å²) in [4.78, 5) is 41.2. The number of anilines is 1. The van der Waals surface area contributed by atoms with Crippen molar-refractivity contribution in [3.8, 4) is 5.75 Å². The van der Waals surface area contributed by atoms with E-state index >= 15 is 0 Å². The molecule has 4 rings (SSSR count). The van der Waals surface area contributed by atoms with E-state index in [1.807, 2.05) is 0 Å². The summed E-state index contributed by atoms with van der Waals surface area (Å²) in [6.45, 7) is 0. The monoisotopic (exact) mass is 485 g/mol. The van der Waals surface area contributed by atoms with Crippen LogP contribution >= 0.6 is 0 Å². The number of carbonyl (C=O) groups excluding carboxylic acids is 2. The second-order valence-corrected chi connectivity index (χ2v) is 7.30. The molecule has 0 spiro atoms. The van der Waals surface area contributed by atoms with E-state index < -0.39 is 40.5 Å². The fourth-order valence-electron chi connectivity index (χ4n) is 3.66. The molecular formula is C23H14F3N3O6. The average Bonchev–Trinajstić information content (AvgIpc) is 3.09. The van der Waals surface area contributed by atoms with Gasteiger partial charge in [-0.25, -0.2) is 0 Å². The molecule has 35 heavy (non-hydrogen) atoms. The van der Waals surface area contributed by atoms with E-state index in [-0.39, 0.29) is 22.5 Å². The summed E-state index contributed by atoms with van der Waals surface area (Å²) < 4.78 is 41.4. The minimum absolute atomic E-state index is 0.0570. The Morgan fingerprint density at radius 3 is 2.14 bits per heavy atom. The molecule has 1 aromatic heterocycles. The number of nitrogens with zero attached hydrogens (tertiary/aromatic N) is 3. The number of aromatic nitrogens is 1. The summed E-state index contributed by atoms with van der Waals surface area (Å²) in [5, 5.41) is 21.9. The third kappa shape index (κ3) is 4.67. The standard InChI is InChI=1S/C23H14F3N3O6/c24-23(25,26)35-17-7-5-15(6-8-17)28-19(13-9-11-27-12-10-13)18(21(31)22(28)32)20(30)14-1-3-16(4-2-14)29(33)34/h1-12,19,30H/b20-18-. The van der Waals surface area contributed by atoms with Gasteiger partial charge >= 0.3 is 6.36 Å². The lowest BCUT2D eigenvalue weighted by Crippen LogP contribution is -2.29. The summed E-state index contributed by atoms with van der Waals surface area (Å²) >= 11 is 0. The number of hydrogen-bond acceptors (Lipinski definition) is 7. The molecule has 12 heteroatoms. The number of ketones is 1. The Hall–Kier alpha value is -4.74. The Kier molecular flexibility index (Phi) is 5.95. The van der Waals surface area contributed by atoms with Gasteiger partial charge in [0.1, 0.15) is 11.5 Å². The van der Waals surface area contributed by atoms with Gasteiger partial charge in [0, 0.05) is 35.8 Å². The van der Waals surface area contributed by atoms with Crippen LogP contribution in [0.4, 0.5) is 24.5 Å². The Morgan fingerprint density at radius 1 is 1.00 bits per heavy atom. The van der Waals surface area contributed by atoms with Crippen LogP contribution in [0.5, 0.6) is 5.75 Å². The number of halogens is 3. The first-order valence-electron chi connectivity index (χ1n) is 9.88. The third-order valence-electron chi connectivity index (χ3n) is 5.17. The molecule has 1 amide bonds. The third-order valence-corrected chi connectivity index (χ3v) is 5.17. The topological polar surface area (TPSA) is 123 Å². The molecule has 3 aromatic rings. The highest BCUT2D eigenvalue weighted by Gasteiger charge is 2.47. The average molecular weight is 485 g/mol. The van der Waals surface area contributed by atoms with Gasteiger partial charge in [-0.05, 0) is 54.1 Å². The first-order valence-corrected chi connectivity index (χ1v) is 9.88. The van der Waals surface area contributed by atoms with E-state index in [1.54, 1.807) is 0 Å². The number of nitro benzene ring substituents is 1. The highest BCUT2D eigenvalue weighted by atomic mass is 19.4. The number of nitro groups is 1. The van der Waals surface area contributed by atoms with E-state index in [4.69, 9.17) is 0 Å². The maximum absolute atomic E-state index is 13.0. The molecule has 1 atom stereocenters. The summed E-state index contributed by atoms with van der Waals surface area (Å²) in [6.07, 6.45) is -2.10. The van der Waals surface area contributed by atoms with E-state index in [0.29, 0.717) is 5.56 Å². The molecule has 1 aliphatic heterocycles. The minimum atomic E-state index is -4.91. The van der Waals surface area contributed by atoms with Gasteiger partial charge in [-0.3, -0.25) is 29.6 Å². The number of benzene rings is 2. The Balaban J connectivity index is 1.82. The number of alkyl halides is 3. The number of aliphatic hydroxyl groups is 1. The zero-order valence-corrected chi connectivity index (χ0v) is 17.5. The van der Waals surface area contributed by atoms with Gasteiger partial charge in [0.15, 0.2) is 0 Å². The van der Waals surface area contributed by atoms with Gasteiger partial charge in [-0.2, -0.15) is 0 Å². The van der Waals surface area contributed by atoms with Gasteiger partial charge in [0.2, 0.25) is 0 Å². The molecule has 9 nitrogen and oxygen atoms in total. The van der Waals surface area contributed by atoms with Crippen molar-refractivity contribution in [2.75, 3.05) is 4.90 Å². The highest BCUT2D eigenvalue weighted by Crippen LogP contribution is 2.42. The molecule has 2 aromatic carbocycles. The maximum Gasteiger partial charge on any atom is 0.573 e. The quantitative estimate of drug-likeness (QED) is 0.185. The van der Waals surface area contributed by atoms with Crippen molar-refractivity contribution in [1.29, 1.82) is 0 Å². The van der Waals surface area contributed by atoms with Crippen molar-refractivity contribution in [2.45, 2.75) is 12.4 Å². The number of Topliss-reactive ketones (excluding diaryl/α,β-unsaturated/α-hetero) is 1. The predicted octanol–water partition coefficient (Wildman–Crippen LogP) is 4.51. The molecule has 1 aliphatic rings. The second-order valence-electron chi connectivity index (χ2n) is 7.30. The number of carbonyl (C=O) groups is 2. The Bertz CT molecular complexity index is 1320. The zero-order chi connectivity index (χ0) is 25.3. The molecule has 1 fully saturated rings. The van der Waals surface area contributed by atoms with Crippen molar-refractivity contribution in [3.63, 3.8) is 0 Å². The molecule has 1 N–H and O–H groups in total. The van der Waals surface area contributed by atoms with Crippen molar-refractivity contribution in [1.82, 2.24) is 4.98 Å². The smallest absolute Gasteiger partial charge is 0.507 e. The number of rotatable bonds is 5. The van der Waals surface area contributed by atoms with Crippen LogP contribution in [0, 0.1) is 10.1 Å². The molecule has 1 unspecified atom stereocenters. The molecule has 1 saturated heterocycles. The fourth-order valence-corrected chi connectivity index (χ4v) is 3.66. The van der Waals surface area contributed by atoms with Crippen molar-refractivity contribution >= 4 is 28.8 Å². The largest absolute Gasteiger partial charge is 0.573 e. The molecule has 0 saturated carbocycles. The molecule has 0 radical (unpaired) electrons. The van der Waals surface area contributed by atoms with Crippen LogP contribution in [-0.2, 0) is 9.59 Å². The van der Waals surface area contributed by atoms with Crippen LogP contribution in [-0.4, -0.2) is 33.1 Å². The lowest BCUT2D eigenvalue weighted by atomic mass is 9.95. The van der Waals surface area contributed by atoms with Gasteiger partial charge < -0.3 is 9.84 Å². The van der Waals surface area contributed by atoms with Crippen molar-refractivity contribution < 1.29 is 37.5 Å². The fraction of sp³-hybridized carbons (Fsp3) is 0.0870. The van der Waals surface area contributed by atoms with E-state index in [2.05, 4.69) is 9.72 Å². The summed E-state index contributed by atoms with van der Waals surface area (Å²) in [5.41, 5.74) is -0.0226. The van der Waals surface area contributed by atoms with Crippen LogP contribution in [0.25, 0.3) is 5.76 Å². The molecular weight excluding hydrogens is 471 g/mol. The SMILES string of the molecule is O=C1C(=O)N(c2ccc(OC(F)(F)F)cc2)C(c2ccncc2)/C1=C(/O)c1ccc([N+](=O)[O-])cc1. The summed E-state index contributed by atoms with van der Waals surface area (Å²) in [5.74, 6) is -3.16. The van der Waals surface area contributed by atoms with Crippen LogP contribution < -0.4 is 9.64 Å². The Labute approximate surface area is 194 Å². The number of ether oxygens (including phenoxy) is 1. The minimum Gasteiger partial charge on any atom is -0.507 e. The highest BCUT2D eigenvalue weighted by molar-refractivity contribution is 6.51. The zero-order valence-electron chi connectivity index (χ0n) is 17.5. The number of hydrogen-bond donors (Lipinski definition) is 1. The van der Waals surface area contributed by atoms with Crippen molar-refractivity contribution in [2.24, 2.45) is 0 Å². The first-order chi connectivity index (χ1) is 16.6. The summed E-state index contributed by atoms with van der Waals surface area (Å²) in [7, 11) is 0. The van der Waals surface area contributed by atoms with Crippen LogP contribution in [0.15, 0.2) is 78.6 Å². The molecule has 0 aliphatic carbocycles. The van der Waals surface area contributed by atoms with Crippen LogP contribution in [0.1, 0.15) is 17.2 Å². The van der Waals surface area contributed by atoms with Gasteiger partial charge in [0.05, 0.1) is 16.5 Å². The van der Waals surface area contributed by atoms with Gasteiger partial charge in [-0.1, -0.05) is 0 Å². The summed E-state index contributed by atoms with van der Waals surface area (Å²) in [6, 6.07) is 10.9. The van der Waals surface area contributed by atoms with E-state index in [1.165, 1.54) is 48.8 Å². The maximum atomic E-state index is 13.0. The lowest BCUT2D eigenvalue weighted by Gasteiger charge is -2.25. The van der Waals surface area contributed by atoms with Crippen LogP contribution in [0.2, 0.25) is 0 Å². The second kappa shape index (κ2) is 8.89. The predicted molar refractivity (Wildman–Crippen MR) is 115 cm³/mol. The molecule has 2 heterocycles. The van der Waals surface area contributed by atoms with Crippen LogP contribution in [0.3, 0.4) is 0 Å². The molecule has 0 bridgehead atoms. The van der Waals surface area contributed by atoms with E-state index in [9.17, 15) is 38.0 Å². The van der Waals surface area contributed by atoms with Gasteiger partial charge in [0.25, 0.3) is 17.4 Å². The van der Waals surface area contributed by atoms with Crippen molar-refractivity contribution in [3.05, 3.63) is 99.9 Å². The lowest BCUT2D eigenvalue weighted by molar-refractivity contribution is -0.384.